The largest absolute Gasteiger partial charge is 0.370 e. The molecule has 0 aliphatic carbocycles. The maximum atomic E-state index is 13.8. The third kappa shape index (κ3) is 2.54. The van der Waals surface area contributed by atoms with Gasteiger partial charge < -0.3 is 4.90 Å². The highest BCUT2D eigenvalue weighted by Gasteiger charge is 2.28. The smallest absolute Gasteiger partial charge is 0.129 e. The molecule has 0 spiro atoms. The molecule has 1 atom stereocenters. The van der Waals surface area contributed by atoms with Crippen molar-refractivity contribution in [3.8, 4) is 0 Å². The van der Waals surface area contributed by atoms with E-state index in [0.29, 0.717) is 6.54 Å². The van der Waals surface area contributed by atoms with Crippen LogP contribution in [0.15, 0.2) is 41.1 Å². The fraction of sp³-hybridized carbons (Fsp3) is 0.267. The van der Waals surface area contributed by atoms with Gasteiger partial charge in [-0.25, -0.2) is 8.78 Å². The van der Waals surface area contributed by atoms with Gasteiger partial charge >= 0.3 is 0 Å². The molecule has 20 heavy (non-hydrogen) atoms. The number of hydrogen-bond donors (Lipinski definition) is 0. The Morgan fingerprint density at radius 3 is 2.65 bits per heavy atom. The van der Waals surface area contributed by atoms with Crippen LogP contribution in [0.2, 0.25) is 0 Å². The van der Waals surface area contributed by atoms with Gasteiger partial charge in [0, 0.05) is 35.2 Å². The second kappa shape index (κ2) is 5.48. The van der Waals surface area contributed by atoms with E-state index >= 15 is 0 Å². The summed E-state index contributed by atoms with van der Waals surface area (Å²) >= 11 is 3.38. The highest BCUT2D eigenvalue weighted by molar-refractivity contribution is 9.10. The minimum atomic E-state index is -0.454. The van der Waals surface area contributed by atoms with Gasteiger partial charge in [0.15, 0.2) is 0 Å². The number of benzene rings is 1. The van der Waals surface area contributed by atoms with Crippen molar-refractivity contribution in [3.63, 3.8) is 0 Å². The molecule has 1 aromatic carbocycles. The first-order valence-electron chi connectivity index (χ1n) is 6.44. The fourth-order valence-electron chi connectivity index (χ4n) is 2.70. The summed E-state index contributed by atoms with van der Waals surface area (Å²) in [4.78, 5) is 6.23. The van der Waals surface area contributed by atoms with Crippen LogP contribution in [0.3, 0.4) is 0 Å². The highest BCUT2D eigenvalue weighted by Crippen LogP contribution is 2.33. The Bertz CT molecular complexity index is 613. The first-order chi connectivity index (χ1) is 9.65. The van der Waals surface area contributed by atoms with Crippen LogP contribution in [0.25, 0.3) is 0 Å². The molecule has 1 aliphatic heterocycles. The molecule has 1 saturated heterocycles. The van der Waals surface area contributed by atoms with Crippen LogP contribution in [0.4, 0.5) is 14.5 Å². The van der Waals surface area contributed by atoms with Crippen molar-refractivity contribution >= 4 is 21.6 Å². The monoisotopic (exact) mass is 338 g/mol. The molecular formula is C15H13BrF2N2. The summed E-state index contributed by atoms with van der Waals surface area (Å²) in [5.41, 5.74) is 1.18. The number of nitrogens with zero attached hydrogens (tertiary/aromatic N) is 2. The third-order valence-electron chi connectivity index (χ3n) is 3.65. The molecule has 0 saturated carbocycles. The van der Waals surface area contributed by atoms with E-state index in [2.05, 4.69) is 25.8 Å². The number of halogens is 3. The Hall–Kier alpha value is -1.49. The Balaban J connectivity index is 1.83. The molecule has 3 rings (SSSR count). The zero-order valence-corrected chi connectivity index (χ0v) is 12.3. The van der Waals surface area contributed by atoms with Gasteiger partial charge in [-0.3, -0.25) is 4.98 Å². The molecule has 2 nitrogen and oxygen atoms in total. The molecular weight excluding hydrogens is 326 g/mol. The molecule has 1 aromatic heterocycles. The van der Waals surface area contributed by atoms with E-state index in [1.54, 1.807) is 12.4 Å². The normalized spacial score (nSPS) is 18.6. The second-order valence-corrected chi connectivity index (χ2v) is 5.84. The van der Waals surface area contributed by atoms with Crippen molar-refractivity contribution < 1.29 is 8.78 Å². The van der Waals surface area contributed by atoms with Gasteiger partial charge in [0.1, 0.15) is 11.6 Å². The fourth-order valence-corrected chi connectivity index (χ4v) is 3.06. The minimum absolute atomic E-state index is 0.116. The van der Waals surface area contributed by atoms with E-state index in [9.17, 15) is 8.78 Å². The van der Waals surface area contributed by atoms with Crippen LogP contribution >= 0.6 is 15.9 Å². The van der Waals surface area contributed by atoms with Crippen LogP contribution in [-0.4, -0.2) is 18.1 Å². The Labute approximate surface area is 124 Å². The molecule has 0 amide bonds. The van der Waals surface area contributed by atoms with Crippen LogP contribution in [0.5, 0.6) is 0 Å². The summed E-state index contributed by atoms with van der Waals surface area (Å²) in [6.45, 7) is 1.38. The SMILES string of the molecule is Fc1cccc(F)c1C1CCN(c2cncc(Br)c2)C1. The van der Waals surface area contributed by atoms with E-state index in [4.69, 9.17) is 0 Å². The third-order valence-corrected chi connectivity index (χ3v) is 4.09. The lowest BCUT2D eigenvalue weighted by molar-refractivity contribution is 0.533. The molecule has 5 heteroatoms. The van der Waals surface area contributed by atoms with Gasteiger partial charge in [0.05, 0.1) is 11.9 Å². The van der Waals surface area contributed by atoms with Gasteiger partial charge in [0.25, 0.3) is 0 Å². The predicted molar refractivity (Wildman–Crippen MR) is 77.9 cm³/mol. The topological polar surface area (TPSA) is 16.1 Å². The van der Waals surface area contributed by atoms with Crippen molar-refractivity contribution in [1.82, 2.24) is 4.98 Å². The Kier molecular flexibility index (Phi) is 3.70. The first-order valence-corrected chi connectivity index (χ1v) is 7.24. The molecule has 1 unspecified atom stereocenters. The molecule has 1 fully saturated rings. The lowest BCUT2D eigenvalue weighted by atomic mass is 9.97. The number of anilines is 1. The molecule has 0 N–H and O–H groups in total. The first kappa shape index (κ1) is 13.5. The van der Waals surface area contributed by atoms with E-state index in [1.165, 1.54) is 18.2 Å². The number of aromatic nitrogens is 1. The Morgan fingerprint density at radius 2 is 1.95 bits per heavy atom. The number of hydrogen-bond acceptors (Lipinski definition) is 2. The highest BCUT2D eigenvalue weighted by atomic mass is 79.9. The van der Waals surface area contributed by atoms with Crippen molar-refractivity contribution in [3.05, 3.63) is 58.3 Å². The van der Waals surface area contributed by atoms with Crippen LogP contribution in [-0.2, 0) is 0 Å². The summed E-state index contributed by atoms with van der Waals surface area (Å²) in [5.74, 6) is -1.02. The standard InChI is InChI=1S/C15H13BrF2N2/c16-11-6-12(8-19-7-11)20-5-4-10(9-20)15-13(17)2-1-3-14(15)18/h1-3,6-8,10H,4-5,9H2. The zero-order valence-electron chi connectivity index (χ0n) is 10.7. The lowest BCUT2D eigenvalue weighted by Crippen LogP contribution is -2.19. The lowest BCUT2D eigenvalue weighted by Gasteiger charge is -2.19. The van der Waals surface area contributed by atoms with Crippen molar-refractivity contribution in [2.24, 2.45) is 0 Å². The average molecular weight is 339 g/mol. The predicted octanol–water partition coefficient (Wildman–Crippen LogP) is 4.12. The summed E-state index contributed by atoms with van der Waals surface area (Å²) in [6.07, 6.45) is 4.23. The molecule has 2 aromatic rings. The van der Waals surface area contributed by atoms with E-state index in [1.807, 2.05) is 6.07 Å². The van der Waals surface area contributed by atoms with Crippen LogP contribution in [0, 0.1) is 11.6 Å². The number of pyridine rings is 1. The molecule has 104 valence electrons. The van der Waals surface area contributed by atoms with Gasteiger partial charge in [0.2, 0.25) is 0 Å². The Morgan fingerprint density at radius 1 is 1.20 bits per heavy atom. The van der Waals surface area contributed by atoms with Gasteiger partial charge in [-0.05, 0) is 40.5 Å². The maximum Gasteiger partial charge on any atom is 0.129 e. The molecule has 0 bridgehead atoms. The zero-order chi connectivity index (χ0) is 14.1. The van der Waals surface area contributed by atoms with Crippen molar-refractivity contribution in [2.45, 2.75) is 12.3 Å². The molecule has 2 heterocycles. The molecule has 0 radical (unpaired) electrons. The van der Waals surface area contributed by atoms with Crippen LogP contribution in [0.1, 0.15) is 17.9 Å². The molecule has 1 aliphatic rings. The summed E-state index contributed by atoms with van der Waals surface area (Å²) in [7, 11) is 0. The second-order valence-electron chi connectivity index (χ2n) is 4.93. The van der Waals surface area contributed by atoms with Gasteiger partial charge in [-0.1, -0.05) is 6.07 Å². The quantitative estimate of drug-likeness (QED) is 0.818. The number of rotatable bonds is 2. The van der Waals surface area contributed by atoms with E-state index < -0.39 is 11.6 Å². The average Bonchev–Trinajstić information content (AvgIpc) is 2.88. The van der Waals surface area contributed by atoms with Gasteiger partial charge in [-0.2, -0.15) is 0 Å². The summed E-state index contributed by atoms with van der Waals surface area (Å²) in [5, 5.41) is 0. The van der Waals surface area contributed by atoms with Crippen molar-refractivity contribution in [2.75, 3.05) is 18.0 Å². The summed E-state index contributed by atoms with van der Waals surface area (Å²) < 4.78 is 28.5. The van der Waals surface area contributed by atoms with Crippen molar-refractivity contribution in [1.29, 1.82) is 0 Å². The van der Waals surface area contributed by atoms with E-state index in [0.717, 1.165) is 23.1 Å². The maximum absolute atomic E-state index is 13.8. The van der Waals surface area contributed by atoms with E-state index in [-0.39, 0.29) is 11.5 Å². The summed E-state index contributed by atoms with van der Waals surface area (Å²) in [6, 6.07) is 6.01. The minimum Gasteiger partial charge on any atom is -0.370 e. The van der Waals surface area contributed by atoms with Crippen LogP contribution < -0.4 is 4.90 Å². The van der Waals surface area contributed by atoms with Gasteiger partial charge in [-0.15, -0.1) is 0 Å².